The minimum atomic E-state index is -0.964. The van der Waals surface area contributed by atoms with Crippen molar-refractivity contribution < 1.29 is 9.90 Å². The molecule has 2 saturated carbocycles. The number of hydrogen-bond acceptors (Lipinski definition) is 5. The predicted molar refractivity (Wildman–Crippen MR) is 128 cm³/mol. The molecule has 0 bridgehead atoms. The largest absolute Gasteiger partial charge is 0.386 e. The van der Waals surface area contributed by atoms with Crippen LogP contribution in [-0.4, -0.2) is 36.6 Å². The standard InChI is InChI=1S/C26H27N5O3/c1-25(2,34)16-7-8-31-20(14-27-21(31)9-16)24(33)28-17-12-26(13-17)10-15(11-26)22-18-5-3-4-6-19(18)23(32)30-29-22/h3-9,14-15,17,34H,10-13H2,1-2H3,(H,28,33)(H,30,32). The van der Waals surface area contributed by atoms with Crippen molar-refractivity contribution in [2.75, 3.05) is 0 Å². The summed E-state index contributed by atoms with van der Waals surface area (Å²) in [5, 5.41) is 22.0. The lowest BCUT2D eigenvalue weighted by Gasteiger charge is -2.57. The van der Waals surface area contributed by atoms with E-state index < -0.39 is 5.60 Å². The van der Waals surface area contributed by atoms with Crippen LogP contribution in [0.15, 0.2) is 53.6 Å². The number of carbonyl (C=O) groups is 1. The van der Waals surface area contributed by atoms with Crippen molar-refractivity contribution in [1.82, 2.24) is 24.9 Å². The zero-order valence-corrected chi connectivity index (χ0v) is 19.2. The molecule has 174 valence electrons. The van der Waals surface area contributed by atoms with Crippen LogP contribution in [0.3, 0.4) is 0 Å². The summed E-state index contributed by atoms with van der Waals surface area (Å²) in [4.78, 5) is 29.3. The van der Waals surface area contributed by atoms with Gasteiger partial charge in [-0.2, -0.15) is 5.10 Å². The highest BCUT2D eigenvalue weighted by Crippen LogP contribution is 2.62. The van der Waals surface area contributed by atoms with Crippen LogP contribution in [0.5, 0.6) is 0 Å². The molecule has 8 nitrogen and oxygen atoms in total. The molecule has 2 aliphatic rings. The van der Waals surface area contributed by atoms with E-state index in [1.54, 1.807) is 36.7 Å². The summed E-state index contributed by atoms with van der Waals surface area (Å²) < 4.78 is 1.76. The molecule has 2 aliphatic carbocycles. The Labute approximate surface area is 196 Å². The summed E-state index contributed by atoms with van der Waals surface area (Å²) in [5.41, 5.74) is 2.00. The quantitative estimate of drug-likeness (QED) is 0.435. The smallest absolute Gasteiger partial charge is 0.272 e. The summed E-state index contributed by atoms with van der Waals surface area (Å²) in [6.45, 7) is 3.45. The van der Waals surface area contributed by atoms with Gasteiger partial charge < -0.3 is 10.4 Å². The maximum atomic E-state index is 12.9. The number of carbonyl (C=O) groups excluding carboxylic acids is 1. The number of imidazole rings is 1. The van der Waals surface area contributed by atoms with E-state index in [0.717, 1.165) is 42.3 Å². The maximum Gasteiger partial charge on any atom is 0.272 e. The number of rotatable bonds is 4. The van der Waals surface area contributed by atoms with Crippen molar-refractivity contribution in [3.63, 3.8) is 0 Å². The molecular weight excluding hydrogens is 430 g/mol. The Balaban J connectivity index is 1.10. The number of pyridine rings is 1. The predicted octanol–water partition coefficient (Wildman–Crippen LogP) is 3.25. The first-order valence-corrected chi connectivity index (χ1v) is 11.7. The highest BCUT2D eigenvalue weighted by Gasteiger charge is 2.54. The third-order valence-corrected chi connectivity index (χ3v) is 7.62. The normalized spacial score (nSPS) is 24.2. The van der Waals surface area contributed by atoms with E-state index in [-0.39, 0.29) is 22.9 Å². The van der Waals surface area contributed by atoms with E-state index in [2.05, 4.69) is 20.5 Å². The fourth-order valence-corrected chi connectivity index (χ4v) is 5.84. The van der Waals surface area contributed by atoms with Gasteiger partial charge in [-0.05, 0) is 68.7 Å². The van der Waals surface area contributed by atoms with Crippen LogP contribution >= 0.6 is 0 Å². The third-order valence-electron chi connectivity index (χ3n) is 7.62. The maximum absolute atomic E-state index is 12.9. The Bertz CT molecular complexity index is 1480. The van der Waals surface area contributed by atoms with E-state index >= 15 is 0 Å². The molecule has 3 heterocycles. The van der Waals surface area contributed by atoms with Gasteiger partial charge in [-0.1, -0.05) is 18.2 Å². The number of fused-ring (bicyclic) bond motifs is 2. The second-order valence-electron chi connectivity index (χ2n) is 10.5. The molecule has 3 N–H and O–H groups in total. The molecule has 34 heavy (non-hydrogen) atoms. The van der Waals surface area contributed by atoms with Gasteiger partial charge in [-0.15, -0.1) is 0 Å². The van der Waals surface area contributed by atoms with Crippen LogP contribution in [0.2, 0.25) is 0 Å². The van der Waals surface area contributed by atoms with Crippen LogP contribution in [0, 0.1) is 5.41 Å². The Morgan fingerprint density at radius 1 is 1.18 bits per heavy atom. The first kappa shape index (κ1) is 21.0. The third kappa shape index (κ3) is 3.32. The minimum Gasteiger partial charge on any atom is -0.386 e. The summed E-state index contributed by atoms with van der Waals surface area (Å²) in [5.74, 6) is 0.203. The van der Waals surface area contributed by atoms with Gasteiger partial charge in [0.15, 0.2) is 0 Å². The summed E-state index contributed by atoms with van der Waals surface area (Å²) in [7, 11) is 0. The van der Waals surface area contributed by atoms with Crippen LogP contribution in [0.4, 0.5) is 0 Å². The topological polar surface area (TPSA) is 112 Å². The van der Waals surface area contributed by atoms with Gasteiger partial charge in [-0.3, -0.25) is 14.0 Å². The van der Waals surface area contributed by atoms with Gasteiger partial charge in [0.2, 0.25) is 0 Å². The molecule has 1 spiro atoms. The zero-order valence-electron chi connectivity index (χ0n) is 19.2. The lowest BCUT2D eigenvalue weighted by atomic mass is 9.49. The Hall–Kier alpha value is -3.52. The van der Waals surface area contributed by atoms with Gasteiger partial charge in [0.05, 0.1) is 22.9 Å². The molecule has 0 saturated heterocycles. The van der Waals surface area contributed by atoms with Gasteiger partial charge in [0, 0.05) is 23.5 Å². The lowest BCUT2D eigenvalue weighted by molar-refractivity contribution is -0.0197. The molecule has 2 fully saturated rings. The van der Waals surface area contributed by atoms with Crippen molar-refractivity contribution >= 4 is 22.3 Å². The number of aliphatic hydroxyl groups is 1. The number of benzene rings is 1. The summed E-state index contributed by atoms with van der Waals surface area (Å²) in [6, 6.07) is 11.4. The minimum absolute atomic E-state index is 0.132. The molecule has 8 heteroatoms. The van der Waals surface area contributed by atoms with Crippen LogP contribution in [0.1, 0.15) is 67.2 Å². The molecule has 1 aromatic carbocycles. The number of hydrogen-bond donors (Lipinski definition) is 3. The van der Waals surface area contributed by atoms with E-state index in [4.69, 9.17) is 0 Å². The molecular formula is C26H27N5O3. The molecule has 3 aromatic heterocycles. The Morgan fingerprint density at radius 3 is 2.65 bits per heavy atom. The SMILES string of the molecule is CC(C)(O)c1ccn2c(C(=O)NC3CC4(C3)CC(c3n[nH]c(=O)c5ccccc35)C4)cnc2c1. The first-order chi connectivity index (χ1) is 16.2. The number of nitrogens with zero attached hydrogens (tertiary/aromatic N) is 3. The van der Waals surface area contributed by atoms with Gasteiger partial charge in [0.1, 0.15) is 11.3 Å². The Morgan fingerprint density at radius 2 is 1.91 bits per heavy atom. The molecule has 0 unspecified atom stereocenters. The van der Waals surface area contributed by atoms with E-state index in [1.807, 2.05) is 30.3 Å². The van der Waals surface area contributed by atoms with Crippen LogP contribution < -0.4 is 10.9 Å². The molecule has 0 atom stereocenters. The second-order valence-corrected chi connectivity index (χ2v) is 10.5. The highest BCUT2D eigenvalue weighted by molar-refractivity contribution is 5.93. The second kappa shape index (κ2) is 7.24. The highest BCUT2D eigenvalue weighted by atomic mass is 16.3. The van der Waals surface area contributed by atoms with E-state index in [1.165, 1.54) is 0 Å². The van der Waals surface area contributed by atoms with Gasteiger partial charge in [0.25, 0.3) is 11.5 Å². The van der Waals surface area contributed by atoms with Crippen molar-refractivity contribution in [1.29, 1.82) is 0 Å². The number of amides is 1. The first-order valence-electron chi connectivity index (χ1n) is 11.7. The molecule has 1 amide bonds. The van der Waals surface area contributed by atoms with Crippen LogP contribution in [-0.2, 0) is 5.60 Å². The molecule has 6 rings (SSSR count). The van der Waals surface area contributed by atoms with Gasteiger partial charge >= 0.3 is 0 Å². The van der Waals surface area contributed by atoms with Crippen molar-refractivity contribution in [3.8, 4) is 0 Å². The number of aromatic amines is 1. The Kier molecular flexibility index (Phi) is 4.48. The van der Waals surface area contributed by atoms with Gasteiger partial charge in [-0.25, -0.2) is 10.1 Å². The number of nitrogens with one attached hydrogen (secondary N) is 2. The average molecular weight is 458 g/mol. The molecule has 0 radical (unpaired) electrons. The van der Waals surface area contributed by atoms with E-state index in [9.17, 15) is 14.7 Å². The monoisotopic (exact) mass is 457 g/mol. The van der Waals surface area contributed by atoms with Crippen molar-refractivity contribution in [2.24, 2.45) is 5.41 Å². The van der Waals surface area contributed by atoms with Crippen LogP contribution in [0.25, 0.3) is 16.4 Å². The lowest BCUT2D eigenvalue weighted by Crippen LogP contribution is -2.55. The van der Waals surface area contributed by atoms with E-state index in [0.29, 0.717) is 22.6 Å². The fourth-order valence-electron chi connectivity index (χ4n) is 5.84. The zero-order chi connectivity index (χ0) is 23.7. The average Bonchev–Trinajstić information content (AvgIpc) is 3.18. The number of H-pyrrole nitrogens is 1. The van der Waals surface area contributed by atoms with Crippen molar-refractivity contribution in [3.05, 3.63) is 76.1 Å². The molecule has 0 aliphatic heterocycles. The number of aromatic nitrogens is 4. The fraction of sp³-hybridized carbons (Fsp3) is 0.385. The summed E-state index contributed by atoms with van der Waals surface area (Å²) in [6.07, 6.45) is 7.33. The molecule has 4 aromatic rings. The van der Waals surface area contributed by atoms with Crippen molar-refractivity contribution in [2.45, 2.75) is 57.1 Å². The summed E-state index contributed by atoms with van der Waals surface area (Å²) >= 11 is 0.